The lowest BCUT2D eigenvalue weighted by molar-refractivity contribution is 0.411. The molecule has 0 aliphatic carbocycles. The second kappa shape index (κ2) is 7.58. The maximum absolute atomic E-state index is 12.7. The summed E-state index contributed by atoms with van der Waals surface area (Å²) in [4.78, 5) is 21.1. The fourth-order valence-corrected chi connectivity index (χ4v) is 4.84. The highest BCUT2D eigenvalue weighted by atomic mass is 32.2. The number of aryl methyl sites for hydroxylation is 1. The zero-order valence-electron chi connectivity index (χ0n) is 15.0. The van der Waals surface area contributed by atoms with E-state index in [0.717, 1.165) is 27.3 Å². The van der Waals surface area contributed by atoms with Crippen molar-refractivity contribution < 1.29 is 4.74 Å². The molecule has 0 unspecified atom stereocenters. The Balaban J connectivity index is 1.65. The van der Waals surface area contributed by atoms with Crippen LogP contribution in [0.1, 0.15) is 11.1 Å². The van der Waals surface area contributed by atoms with Crippen LogP contribution in [0.25, 0.3) is 21.3 Å². The molecule has 0 radical (unpaired) electrons. The fourth-order valence-electron chi connectivity index (χ4n) is 2.99. The quantitative estimate of drug-likeness (QED) is 0.370. The highest BCUT2D eigenvalue weighted by Gasteiger charge is 2.13. The van der Waals surface area contributed by atoms with Gasteiger partial charge in [0.15, 0.2) is 5.16 Å². The molecule has 27 heavy (non-hydrogen) atoms. The summed E-state index contributed by atoms with van der Waals surface area (Å²) in [5.41, 5.74) is 4.12. The van der Waals surface area contributed by atoms with Gasteiger partial charge in [0, 0.05) is 22.3 Å². The summed E-state index contributed by atoms with van der Waals surface area (Å²) >= 11 is 3.01. The number of fused-ring (bicyclic) bond motifs is 1. The maximum Gasteiger partial charge on any atom is 0.260 e. The largest absolute Gasteiger partial charge is 0.496 e. The molecular weight excluding hydrogens is 376 g/mol. The highest BCUT2D eigenvalue weighted by molar-refractivity contribution is 7.98. The maximum atomic E-state index is 12.7. The molecule has 136 valence electrons. The second-order valence-corrected chi connectivity index (χ2v) is 7.99. The summed E-state index contributed by atoms with van der Waals surface area (Å²) in [5.74, 6) is 1.52. The van der Waals surface area contributed by atoms with E-state index in [1.54, 1.807) is 7.11 Å². The number of H-pyrrole nitrogens is 1. The molecule has 0 fully saturated rings. The van der Waals surface area contributed by atoms with Crippen molar-refractivity contribution in [2.75, 3.05) is 7.11 Å². The minimum Gasteiger partial charge on any atom is -0.496 e. The third-order valence-corrected chi connectivity index (χ3v) is 6.10. The molecule has 0 amide bonds. The molecule has 4 rings (SSSR count). The van der Waals surface area contributed by atoms with Crippen LogP contribution in [0.5, 0.6) is 5.75 Å². The molecule has 0 aliphatic rings. The first kappa shape index (κ1) is 17.8. The van der Waals surface area contributed by atoms with Crippen LogP contribution in [0.2, 0.25) is 0 Å². The third kappa shape index (κ3) is 3.63. The summed E-state index contributed by atoms with van der Waals surface area (Å²) in [6.07, 6.45) is 0. The van der Waals surface area contributed by atoms with Gasteiger partial charge in [-0.05, 0) is 18.6 Å². The number of hydrogen-bond donors (Lipinski definition) is 1. The molecule has 2 aromatic heterocycles. The molecule has 4 aromatic rings. The SMILES string of the molecule is COc1ccc(C)cc1CSc1nc2scc(-c3ccccc3)c2c(=O)[nH]1. The number of benzene rings is 2. The van der Waals surface area contributed by atoms with E-state index >= 15 is 0 Å². The normalized spacial score (nSPS) is 11.0. The number of nitrogens with one attached hydrogen (secondary N) is 1. The van der Waals surface area contributed by atoms with E-state index in [1.165, 1.54) is 28.7 Å². The Bertz CT molecular complexity index is 1150. The van der Waals surface area contributed by atoms with Crippen LogP contribution in [-0.4, -0.2) is 17.1 Å². The standard InChI is InChI=1S/C21H18N2O2S2/c1-13-8-9-17(25-2)15(10-13)11-27-21-22-19(24)18-16(12-26-20(18)23-21)14-6-4-3-5-7-14/h3-10,12H,11H2,1-2H3,(H,22,23,24). The Kier molecular flexibility index (Phi) is 5.01. The van der Waals surface area contributed by atoms with Gasteiger partial charge in [0.25, 0.3) is 5.56 Å². The van der Waals surface area contributed by atoms with Gasteiger partial charge in [0.1, 0.15) is 10.6 Å². The summed E-state index contributed by atoms with van der Waals surface area (Å²) in [5, 5.41) is 3.28. The smallest absolute Gasteiger partial charge is 0.260 e. The van der Waals surface area contributed by atoms with E-state index < -0.39 is 0 Å². The van der Waals surface area contributed by atoms with Gasteiger partial charge in [0.2, 0.25) is 0 Å². The fraction of sp³-hybridized carbons (Fsp3) is 0.143. The summed E-state index contributed by atoms with van der Waals surface area (Å²) in [6, 6.07) is 16.0. The monoisotopic (exact) mass is 394 g/mol. The van der Waals surface area contributed by atoms with Crippen molar-refractivity contribution in [2.24, 2.45) is 0 Å². The number of methoxy groups -OCH3 is 1. The van der Waals surface area contributed by atoms with E-state index in [9.17, 15) is 4.79 Å². The van der Waals surface area contributed by atoms with Gasteiger partial charge in [0.05, 0.1) is 12.5 Å². The molecule has 4 nitrogen and oxygen atoms in total. The number of aromatic nitrogens is 2. The van der Waals surface area contributed by atoms with Crippen molar-refractivity contribution in [1.82, 2.24) is 9.97 Å². The summed E-state index contributed by atoms with van der Waals surface area (Å²) < 4.78 is 5.43. The number of aromatic amines is 1. The lowest BCUT2D eigenvalue weighted by Gasteiger charge is -2.09. The molecule has 0 bridgehead atoms. The van der Waals surface area contributed by atoms with Gasteiger partial charge in [-0.2, -0.15) is 0 Å². The van der Waals surface area contributed by atoms with Crippen LogP contribution in [0, 0.1) is 6.92 Å². The van der Waals surface area contributed by atoms with Gasteiger partial charge >= 0.3 is 0 Å². The minimum absolute atomic E-state index is 0.0983. The van der Waals surface area contributed by atoms with Crippen LogP contribution in [0.3, 0.4) is 0 Å². The molecular formula is C21H18N2O2S2. The molecule has 1 N–H and O–H groups in total. The summed E-state index contributed by atoms with van der Waals surface area (Å²) in [7, 11) is 1.67. The van der Waals surface area contributed by atoms with Crippen LogP contribution in [0.15, 0.2) is 63.9 Å². The Morgan fingerprint density at radius 2 is 2.00 bits per heavy atom. The van der Waals surface area contributed by atoms with Crippen molar-refractivity contribution >= 4 is 33.3 Å². The first-order valence-electron chi connectivity index (χ1n) is 8.49. The Morgan fingerprint density at radius 3 is 2.78 bits per heavy atom. The number of nitrogens with zero attached hydrogens (tertiary/aromatic N) is 1. The van der Waals surface area contributed by atoms with Crippen molar-refractivity contribution in [3.05, 3.63) is 75.4 Å². The second-order valence-electron chi connectivity index (χ2n) is 6.17. The predicted octanol–water partition coefficient (Wildman–Crippen LogP) is 5.26. The minimum atomic E-state index is -0.0983. The van der Waals surface area contributed by atoms with Gasteiger partial charge in [-0.25, -0.2) is 4.98 Å². The van der Waals surface area contributed by atoms with E-state index in [0.29, 0.717) is 16.3 Å². The number of thioether (sulfide) groups is 1. The van der Waals surface area contributed by atoms with Gasteiger partial charge in [-0.3, -0.25) is 4.79 Å². The molecule has 2 aromatic carbocycles. The van der Waals surface area contributed by atoms with Crippen LogP contribution >= 0.6 is 23.1 Å². The molecule has 2 heterocycles. The van der Waals surface area contributed by atoms with E-state index in [2.05, 4.69) is 23.0 Å². The number of rotatable bonds is 5. The van der Waals surface area contributed by atoms with E-state index in [4.69, 9.17) is 4.74 Å². The Hall–Kier alpha value is -2.57. The Morgan fingerprint density at radius 1 is 1.19 bits per heavy atom. The number of thiophene rings is 1. The van der Waals surface area contributed by atoms with Gasteiger partial charge in [-0.1, -0.05) is 59.8 Å². The number of hydrogen-bond acceptors (Lipinski definition) is 5. The van der Waals surface area contributed by atoms with E-state index in [-0.39, 0.29) is 5.56 Å². The van der Waals surface area contributed by atoms with Crippen LogP contribution < -0.4 is 10.3 Å². The third-order valence-electron chi connectivity index (χ3n) is 4.31. The average molecular weight is 395 g/mol. The highest BCUT2D eigenvalue weighted by Crippen LogP contribution is 2.32. The number of ether oxygens (including phenoxy) is 1. The lowest BCUT2D eigenvalue weighted by atomic mass is 10.1. The zero-order valence-corrected chi connectivity index (χ0v) is 16.6. The molecule has 0 aliphatic heterocycles. The molecule has 0 spiro atoms. The van der Waals surface area contributed by atoms with Crippen LogP contribution in [-0.2, 0) is 5.75 Å². The first-order chi connectivity index (χ1) is 13.2. The van der Waals surface area contributed by atoms with Crippen LogP contribution in [0.4, 0.5) is 0 Å². The van der Waals surface area contributed by atoms with Crippen molar-refractivity contribution in [3.8, 4) is 16.9 Å². The topological polar surface area (TPSA) is 55.0 Å². The van der Waals surface area contributed by atoms with Gasteiger partial charge < -0.3 is 9.72 Å². The van der Waals surface area contributed by atoms with Crippen molar-refractivity contribution in [1.29, 1.82) is 0 Å². The first-order valence-corrected chi connectivity index (χ1v) is 10.4. The molecule has 0 saturated heterocycles. The predicted molar refractivity (Wildman–Crippen MR) is 113 cm³/mol. The van der Waals surface area contributed by atoms with Crippen molar-refractivity contribution in [3.63, 3.8) is 0 Å². The van der Waals surface area contributed by atoms with Crippen molar-refractivity contribution in [2.45, 2.75) is 17.8 Å². The Labute approximate surface area is 165 Å². The molecule has 0 atom stereocenters. The van der Waals surface area contributed by atoms with E-state index in [1.807, 2.05) is 47.8 Å². The molecule has 6 heteroatoms. The summed E-state index contributed by atoms with van der Waals surface area (Å²) in [6.45, 7) is 2.05. The average Bonchev–Trinajstić information content (AvgIpc) is 3.12. The zero-order chi connectivity index (χ0) is 18.8. The molecule has 0 saturated carbocycles. The lowest BCUT2D eigenvalue weighted by Crippen LogP contribution is -2.08. The van der Waals surface area contributed by atoms with Gasteiger partial charge in [-0.15, -0.1) is 11.3 Å².